The monoisotopic (exact) mass is 277 g/mol. The lowest BCUT2D eigenvalue weighted by Crippen LogP contribution is -2.46. The van der Waals surface area contributed by atoms with Gasteiger partial charge in [-0.1, -0.05) is 37.3 Å². The Labute approximate surface area is 120 Å². The first-order valence-electron chi connectivity index (χ1n) is 6.95. The second-order valence-electron chi connectivity index (χ2n) is 4.93. The van der Waals surface area contributed by atoms with Crippen LogP contribution in [0.25, 0.3) is 0 Å². The van der Waals surface area contributed by atoms with Gasteiger partial charge in [0, 0.05) is 12.0 Å². The number of ketones is 1. The minimum atomic E-state index is -0.623. The zero-order valence-electron chi connectivity index (χ0n) is 12.6. The van der Waals surface area contributed by atoms with Crippen LogP contribution in [0.1, 0.15) is 39.3 Å². The maximum absolute atomic E-state index is 12.0. The van der Waals surface area contributed by atoms with Gasteiger partial charge in [0.1, 0.15) is 11.8 Å². The molecule has 0 aliphatic carbocycles. The Kier molecular flexibility index (Phi) is 6.39. The number of ether oxygens (including phenoxy) is 1. The molecule has 4 nitrogen and oxygen atoms in total. The molecule has 4 heteroatoms. The quantitative estimate of drug-likeness (QED) is 0.778. The summed E-state index contributed by atoms with van der Waals surface area (Å²) in [5, 5.41) is 3.20. The van der Waals surface area contributed by atoms with E-state index < -0.39 is 12.0 Å². The Morgan fingerprint density at radius 2 is 1.80 bits per heavy atom. The molecule has 0 aromatic heterocycles. The molecule has 0 fully saturated rings. The fourth-order valence-corrected chi connectivity index (χ4v) is 1.99. The minimum absolute atomic E-state index is 0.0317. The van der Waals surface area contributed by atoms with Crippen molar-refractivity contribution in [3.8, 4) is 0 Å². The van der Waals surface area contributed by atoms with E-state index in [0.29, 0.717) is 6.61 Å². The smallest absolute Gasteiger partial charge is 0.323 e. The maximum atomic E-state index is 12.0. The molecule has 0 saturated heterocycles. The SMILES string of the molecule is CCOC(=O)[C@@H](NC(C)c1ccccc1)[C@H](C)C(C)=O. The van der Waals surface area contributed by atoms with Crippen LogP contribution in [0.4, 0.5) is 0 Å². The predicted molar refractivity (Wildman–Crippen MR) is 78.3 cm³/mol. The molecule has 1 unspecified atom stereocenters. The topological polar surface area (TPSA) is 55.4 Å². The highest BCUT2D eigenvalue weighted by atomic mass is 16.5. The van der Waals surface area contributed by atoms with E-state index >= 15 is 0 Å². The summed E-state index contributed by atoms with van der Waals surface area (Å²) in [5.74, 6) is -0.825. The van der Waals surface area contributed by atoms with E-state index in [-0.39, 0.29) is 17.8 Å². The molecular formula is C16H23NO3. The van der Waals surface area contributed by atoms with Crippen molar-refractivity contribution in [3.05, 3.63) is 35.9 Å². The van der Waals surface area contributed by atoms with E-state index in [9.17, 15) is 9.59 Å². The number of carbonyl (C=O) groups is 2. The zero-order valence-corrected chi connectivity index (χ0v) is 12.6. The van der Waals surface area contributed by atoms with Crippen molar-refractivity contribution in [1.29, 1.82) is 0 Å². The lowest BCUT2D eigenvalue weighted by molar-refractivity contribution is -0.149. The van der Waals surface area contributed by atoms with Gasteiger partial charge in [0.25, 0.3) is 0 Å². The molecule has 20 heavy (non-hydrogen) atoms. The Morgan fingerprint density at radius 1 is 1.20 bits per heavy atom. The van der Waals surface area contributed by atoms with Crippen LogP contribution in [0, 0.1) is 5.92 Å². The van der Waals surface area contributed by atoms with Crippen LogP contribution in [0.5, 0.6) is 0 Å². The Balaban J connectivity index is 2.84. The second kappa shape index (κ2) is 7.80. The average Bonchev–Trinajstić information content (AvgIpc) is 2.44. The van der Waals surface area contributed by atoms with Gasteiger partial charge in [-0.15, -0.1) is 0 Å². The second-order valence-corrected chi connectivity index (χ2v) is 4.93. The highest BCUT2D eigenvalue weighted by molar-refractivity contribution is 5.87. The fourth-order valence-electron chi connectivity index (χ4n) is 1.99. The molecule has 0 amide bonds. The van der Waals surface area contributed by atoms with E-state index in [1.54, 1.807) is 13.8 Å². The number of nitrogens with one attached hydrogen (secondary N) is 1. The van der Waals surface area contributed by atoms with Crippen LogP contribution >= 0.6 is 0 Å². The van der Waals surface area contributed by atoms with E-state index in [0.717, 1.165) is 5.56 Å². The number of carbonyl (C=O) groups excluding carboxylic acids is 2. The molecule has 1 aromatic carbocycles. The molecule has 110 valence electrons. The molecule has 0 aliphatic heterocycles. The number of Topliss-reactive ketones (excluding diaryl/α,β-unsaturated/α-hetero) is 1. The van der Waals surface area contributed by atoms with Crippen molar-refractivity contribution < 1.29 is 14.3 Å². The fraction of sp³-hybridized carbons (Fsp3) is 0.500. The summed E-state index contributed by atoms with van der Waals surface area (Å²) in [4.78, 5) is 23.6. The largest absolute Gasteiger partial charge is 0.465 e. The Hall–Kier alpha value is -1.68. The highest BCUT2D eigenvalue weighted by Gasteiger charge is 2.30. The molecule has 0 heterocycles. The first-order chi connectivity index (χ1) is 9.47. The standard InChI is InChI=1S/C16H23NO3/c1-5-20-16(19)15(11(2)13(4)18)17-12(3)14-9-7-6-8-10-14/h6-12,15,17H,5H2,1-4H3/t11-,12?,15+/m1/s1. The summed E-state index contributed by atoms with van der Waals surface area (Å²) in [7, 11) is 0. The third-order valence-corrected chi connectivity index (χ3v) is 3.41. The van der Waals surface area contributed by atoms with Gasteiger partial charge in [-0.25, -0.2) is 0 Å². The van der Waals surface area contributed by atoms with Gasteiger partial charge in [-0.05, 0) is 26.3 Å². The van der Waals surface area contributed by atoms with Crippen LogP contribution in [0.2, 0.25) is 0 Å². The Morgan fingerprint density at radius 3 is 2.30 bits per heavy atom. The van der Waals surface area contributed by atoms with Crippen molar-refractivity contribution >= 4 is 11.8 Å². The highest BCUT2D eigenvalue weighted by Crippen LogP contribution is 2.16. The summed E-state index contributed by atoms with van der Waals surface area (Å²) >= 11 is 0. The van der Waals surface area contributed by atoms with Crippen molar-refractivity contribution in [2.24, 2.45) is 5.92 Å². The molecule has 0 spiro atoms. The number of benzene rings is 1. The summed E-state index contributed by atoms with van der Waals surface area (Å²) in [6, 6.07) is 9.14. The lowest BCUT2D eigenvalue weighted by atomic mass is 9.96. The first kappa shape index (κ1) is 16.4. The lowest BCUT2D eigenvalue weighted by Gasteiger charge is -2.25. The average molecular weight is 277 g/mol. The first-order valence-corrected chi connectivity index (χ1v) is 6.95. The zero-order chi connectivity index (χ0) is 15.1. The molecule has 0 aliphatic rings. The summed E-state index contributed by atoms with van der Waals surface area (Å²) in [5.41, 5.74) is 1.07. The Bertz CT molecular complexity index is 444. The molecular weight excluding hydrogens is 254 g/mol. The van der Waals surface area contributed by atoms with Gasteiger partial charge in [-0.3, -0.25) is 14.9 Å². The van der Waals surface area contributed by atoms with Gasteiger partial charge in [0.2, 0.25) is 0 Å². The van der Waals surface area contributed by atoms with Crippen molar-refractivity contribution in [2.45, 2.75) is 39.8 Å². The number of hydrogen-bond donors (Lipinski definition) is 1. The molecule has 1 aromatic rings. The molecule has 1 N–H and O–H groups in total. The third kappa shape index (κ3) is 4.46. The van der Waals surface area contributed by atoms with Gasteiger partial charge < -0.3 is 4.74 Å². The van der Waals surface area contributed by atoms with Crippen LogP contribution in [-0.4, -0.2) is 24.4 Å². The summed E-state index contributed by atoms with van der Waals surface area (Å²) in [6.07, 6.45) is 0. The molecule has 3 atom stereocenters. The van der Waals surface area contributed by atoms with Gasteiger partial charge in [0.15, 0.2) is 0 Å². The van der Waals surface area contributed by atoms with Gasteiger partial charge in [0.05, 0.1) is 6.61 Å². The van der Waals surface area contributed by atoms with Crippen molar-refractivity contribution in [2.75, 3.05) is 6.61 Å². The van der Waals surface area contributed by atoms with Crippen LogP contribution in [0.15, 0.2) is 30.3 Å². The summed E-state index contributed by atoms with van der Waals surface area (Å²) < 4.78 is 5.06. The number of rotatable bonds is 7. The van der Waals surface area contributed by atoms with Crippen LogP contribution < -0.4 is 5.32 Å². The van der Waals surface area contributed by atoms with Crippen LogP contribution in [-0.2, 0) is 14.3 Å². The molecule has 0 bridgehead atoms. The molecule has 0 saturated carbocycles. The maximum Gasteiger partial charge on any atom is 0.323 e. The van der Waals surface area contributed by atoms with Crippen molar-refractivity contribution in [1.82, 2.24) is 5.32 Å². The minimum Gasteiger partial charge on any atom is -0.465 e. The van der Waals surface area contributed by atoms with E-state index in [4.69, 9.17) is 4.74 Å². The molecule has 0 radical (unpaired) electrons. The van der Waals surface area contributed by atoms with E-state index in [1.807, 2.05) is 37.3 Å². The normalized spacial score (nSPS) is 15.2. The number of hydrogen-bond acceptors (Lipinski definition) is 4. The van der Waals surface area contributed by atoms with Gasteiger partial charge in [-0.2, -0.15) is 0 Å². The van der Waals surface area contributed by atoms with Crippen LogP contribution in [0.3, 0.4) is 0 Å². The molecule has 1 rings (SSSR count). The predicted octanol–water partition coefficient (Wildman–Crippen LogP) is 2.49. The third-order valence-electron chi connectivity index (χ3n) is 3.41. The number of esters is 1. The van der Waals surface area contributed by atoms with E-state index in [1.165, 1.54) is 6.92 Å². The van der Waals surface area contributed by atoms with Gasteiger partial charge >= 0.3 is 5.97 Å². The van der Waals surface area contributed by atoms with Crippen molar-refractivity contribution in [3.63, 3.8) is 0 Å². The van der Waals surface area contributed by atoms with E-state index in [2.05, 4.69) is 5.32 Å². The summed E-state index contributed by atoms with van der Waals surface area (Å²) in [6.45, 7) is 7.27.